The molecule has 1 N–H and O–H groups in total. The zero-order chi connectivity index (χ0) is 14.8. The summed E-state index contributed by atoms with van der Waals surface area (Å²) in [7, 11) is 1.50. The van der Waals surface area contributed by atoms with Crippen molar-refractivity contribution >= 4 is 12.0 Å². The summed E-state index contributed by atoms with van der Waals surface area (Å²) in [6.45, 7) is 2.02. The van der Waals surface area contributed by atoms with E-state index in [1.165, 1.54) is 24.7 Å². The van der Waals surface area contributed by atoms with Crippen LogP contribution in [0.1, 0.15) is 43.2 Å². The highest BCUT2D eigenvalue weighted by Crippen LogP contribution is 2.42. The number of carbonyl (C=O) groups is 1. The molecule has 0 saturated carbocycles. The summed E-state index contributed by atoms with van der Waals surface area (Å²) in [5.41, 5.74) is 2.46. The molecule has 3 nitrogen and oxygen atoms in total. The Hall–Kier alpha value is -1.61. The third kappa shape index (κ3) is 2.75. The van der Waals surface area contributed by atoms with Gasteiger partial charge >= 0.3 is 5.97 Å². The number of ether oxygens (including phenoxy) is 1. The number of piperidine rings is 1. The standard InChI is InChI=1S/C18H23NO2/c1-3-4-12-5-7-13(8-6-12)15-11-14-9-10-16(19-14)17(15)18(20)21-2/h3-8,14-17,19H,9-11H2,1-2H3/b4-3-/t14-,15+,16+,17-/m0/s1. The van der Waals surface area contributed by atoms with E-state index in [2.05, 4.69) is 35.7 Å². The number of methoxy groups -OCH3 is 1. The molecule has 0 amide bonds. The second-order valence-corrected chi connectivity index (χ2v) is 6.11. The Labute approximate surface area is 126 Å². The average Bonchev–Trinajstić information content (AvgIpc) is 2.89. The maximum absolute atomic E-state index is 12.2. The second kappa shape index (κ2) is 6.02. The van der Waals surface area contributed by atoms with Crippen LogP contribution < -0.4 is 5.32 Å². The molecule has 0 aromatic heterocycles. The van der Waals surface area contributed by atoms with E-state index in [1.54, 1.807) is 0 Å². The van der Waals surface area contributed by atoms with Crippen LogP contribution in [-0.2, 0) is 9.53 Å². The summed E-state index contributed by atoms with van der Waals surface area (Å²) < 4.78 is 5.06. The van der Waals surface area contributed by atoms with Crippen LogP contribution in [0, 0.1) is 5.92 Å². The zero-order valence-corrected chi connectivity index (χ0v) is 12.7. The molecule has 2 aliphatic heterocycles. The molecule has 2 fully saturated rings. The van der Waals surface area contributed by atoms with Gasteiger partial charge in [0.1, 0.15) is 0 Å². The van der Waals surface area contributed by atoms with Gasteiger partial charge in [-0.25, -0.2) is 0 Å². The number of fused-ring (bicyclic) bond motifs is 2. The lowest BCUT2D eigenvalue weighted by Crippen LogP contribution is -2.48. The van der Waals surface area contributed by atoms with Crippen LogP contribution in [0.4, 0.5) is 0 Å². The van der Waals surface area contributed by atoms with Crippen molar-refractivity contribution in [3.05, 3.63) is 41.5 Å². The van der Waals surface area contributed by atoms with Gasteiger partial charge < -0.3 is 10.1 Å². The SMILES string of the molecule is C/C=C\c1ccc([C@H]2C[C@@H]3CC[C@@H](N3)[C@H]2C(=O)OC)cc1. The van der Waals surface area contributed by atoms with Gasteiger partial charge in [-0.2, -0.15) is 0 Å². The topological polar surface area (TPSA) is 38.3 Å². The second-order valence-electron chi connectivity index (χ2n) is 6.11. The molecule has 0 radical (unpaired) electrons. The molecule has 4 atom stereocenters. The van der Waals surface area contributed by atoms with Gasteiger partial charge in [0.05, 0.1) is 13.0 Å². The number of esters is 1. The van der Waals surface area contributed by atoms with E-state index in [0.29, 0.717) is 6.04 Å². The number of nitrogens with one attached hydrogen (secondary N) is 1. The molecule has 0 unspecified atom stereocenters. The fourth-order valence-corrected chi connectivity index (χ4v) is 3.91. The molecular formula is C18H23NO2. The molecule has 2 heterocycles. The summed E-state index contributed by atoms with van der Waals surface area (Å²) in [6, 6.07) is 9.43. The normalized spacial score (nSPS) is 31.5. The Bertz CT molecular complexity index is 535. The van der Waals surface area contributed by atoms with E-state index in [4.69, 9.17) is 4.74 Å². The molecule has 1 aromatic rings. The lowest BCUT2D eigenvalue weighted by Gasteiger charge is -2.36. The van der Waals surface area contributed by atoms with Crippen LogP contribution in [0.3, 0.4) is 0 Å². The van der Waals surface area contributed by atoms with Crippen molar-refractivity contribution in [3.63, 3.8) is 0 Å². The van der Waals surface area contributed by atoms with Gasteiger partial charge in [-0.15, -0.1) is 0 Å². The maximum atomic E-state index is 12.2. The van der Waals surface area contributed by atoms with Crippen molar-refractivity contribution in [1.82, 2.24) is 5.32 Å². The largest absolute Gasteiger partial charge is 0.469 e. The molecule has 2 aliphatic rings. The minimum absolute atomic E-state index is 0.0543. The molecule has 1 aromatic carbocycles. The predicted octanol–water partition coefficient (Wildman–Crippen LogP) is 3.12. The molecule has 2 saturated heterocycles. The van der Waals surface area contributed by atoms with E-state index in [1.807, 2.05) is 13.0 Å². The highest BCUT2D eigenvalue weighted by molar-refractivity contribution is 5.75. The van der Waals surface area contributed by atoms with E-state index in [9.17, 15) is 4.79 Å². The Morgan fingerprint density at radius 2 is 2.05 bits per heavy atom. The van der Waals surface area contributed by atoms with Crippen LogP contribution in [-0.4, -0.2) is 25.2 Å². The summed E-state index contributed by atoms with van der Waals surface area (Å²) in [4.78, 5) is 12.2. The first-order valence-corrected chi connectivity index (χ1v) is 7.79. The van der Waals surface area contributed by atoms with Gasteiger partial charge in [0.25, 0.3) is 0 Å². The monoisotopic (exact) mass is 285 g/mol. The van der Waals surface area contributed by atoms with Crippen molar-refractivity contribution in [2.45, 2.75) is 44.2 Å². The molecule has 2 bridgehead atoms. The highest BCUT2D eigenvalue weighted by atomic mass is 16.5. The van der Waals surface area contributed by atoms with Crippen LogP contribution >= 0.6 is 0 Å². The van der Waals surface area contributed by atoms with Crippen molar-refractivity contribution in [1.29, 1.82) is 0 Å². The Kier molecular flexibility index (Phi) is 4.11. The lowest BCUT2D eigenvalue weighted by atomic mass is 9.77. The molecule has 3 heteroatoms. The molecule has 0 aliphatic carbocycles. The molecule has 21 heavy (non-hydrogen) atoms. The minimum atomic E-state index is -0.0737. The van der Waals surface area contributed by atoms with Crippen molar-refractivity contribution < 1.29 is 9.53 Å². The Morgan fingerprint density at radius 1 is 1.29 bits per heavy atom. The van der Waals surface area contributed by atoms with Gasteiger partial charge in [0, 0.05) is 18.0 Å². The predicted molar refractivity (Wildman–Crippen MR) is 84.0 cm³/mol. The first kappa shape index (κ1) is 14.3. The summed E-state index contributed by atoms with van der Waals surface area (Å²) >= 11 is 0. The lowest BCUT2D eigenvalue weighted by molar-refractivity contribution is -0.148. The summed E-state index contributed by atoms with van der Waals surface area (Å²) in [5.74, 6) is 0.146. The third-order valence-corrected chi connectivity index (χ3v) is 4.88. The minimum Gasteiger partial charge on any atom is -0.469 e. The van der Waals surface area contributed by atoms with Crippen molar-refractivity contribution in [2.75, 3.05) is 7.11 Å². The highest BCUT2D eigenvalue weighted by Gasteiger charge is 2.46. The van der Waals surface area contributed by atoms with E-state index >= 15 is 0 Å². The fraction of sp³-hybridized carbons (Fsp3) is 0.500. The van der Waals surface area contributed by atoms with Gasteiger partial charge in [-0.1, -0.05) is 36.4 Å². The van der Waals surface area contributed by atoms with Crippen LogP contribution in [0.2, 0.25) is 0 Å². The zero-order valence-electron chi connectivity index (χ0n) is 12.7. The Morgan fingerprint density at radius 3 is 2.71 bits per heavy atom. The average molecular weight is 285 g/mol. The number of rotatable bonds is 3. The van der Waals surface area contributed by atoms with E-state index in [-0.39, 0.29) is 23.8 Å². The van der Waals surface area contributed by atoms with Crippen molar-refractivity contribution in [2.24, 2.45) is 5.92 Å². The van der Waals surface area contributed by atoms with Gasteiger partial charge in [0.2, 0.25) is 0 Å². The first-order valence-electron chi connectivity index (χ1n) is 7.79. The quantitative estimate of drug-likeness (QED) is 0.867. The van der Waals surface area contributed by atoms with Gasteiger partial charge in [-0.3, -0.25) is 4.79 Å². The third-order valence-electron chi connectivity index (χ3n) is 4.88. The van der Waals surface area contributed by atoms with Crippen LogP contribution in [0.25, 0.3) is 6.08 Å². The van der Waals surface area contributed by atoms with Crippen LogP contribution in [0.15, 0.2) is 30.3 Å². The number of benzene rings is 1. The van der Waals surface area contributed by atoms with Gasteiger partial charge in [0.15, 0.2) is 0 Å². The molecule has 3 rings (SSSR count). The smallest absolute Gasteiger partial charge is 0.310 e. The number of allylic oxidation sites excluding steroid dienone is 1. The van der Waals surface area contributed by atoms with Crippen LogP contribution in [0.5, 0.6) is 0 Å². The molecule has 112 valence electrons. The molecule has 0 spiro atoms. The number of hydrogen-bond donors (Lipinski definition) is 1. The fourth-order valence-electron chi connectivity index (χ4n) is 3.91. The van der Waals surface area contributed by atoms with Gasteiger partial charge in [-0.05, 0) is 37.3 Å². The Balaban J connectivity index is 1.88. The van der Waals surface area contributed by atoms with E-state index < -0.39 is 0 Å². The maximum Gasteiger partial charge on any atom is 0.310 e. The number of carbonyl (C=O) groups excluding carboxylic acids is 1. The first-order chi connectivity index (χ1) is 10.2. The summed E-state index contributed by atoms with van der Waals surface area (Å²) in [6.07, 6.45) is 7.41. The van der Waals surface area contributed by atoms with E-state index in [0.717, 1.165) is 12.8 Å². The summed E-state index contributed by atoms with van der Waals surface area (Å²) in [5, 5.41) is 3.58. The van der Waals surface area contributed by atoms with Crippen molar-refractivity contribution in [3.8, 4) is 0 Å². The molecular weight excluding hydrogens is 262 g/mol. The number of hydrogen-bond acceptors (Lipinski definition) is 3.